The molecule has 2 aromatic rings. The van der Waals surface area contributed by atoms with Gasteiger partial charge in [-0.1, -0.05) is 18.7 Å². The van der Waals surface area contributed by atoms with E-state index >= 15 is 0 Å². The van der Waals surface area contributed by atoms with E-state index in [1.54, 1.807) is 4.57 Å². The molecule has 2 aliphatic heterocycles. The molecule has 28 heavy (non-hydrogen) atoms. The van der Waals surface area contributed by atoms with Gasteiger partial charge < -0.3 is 29.1 Å². The SMILES string of the molecule is CCCC(=O)OC1C2OP([O-])(=S)OCC2OC1n1cnc2c(N)ncnc21.[Na+]. The molecule has 2 N–H and O–H groups in total. The van der Waals surface area contributed by atoms with Crippen LogP contribution in [0.2, 0.25) is 0 Å². The van der Waals surface area contributed by atoms with E-state index in [9.17, 15) is 9.69 Å². The van der Waals surface area contributed by atoms with Crippen LogP contribution >= 0.6 is 6.72 Å². The van der Waals surface area contributed by atoms with Gasteiger partial charge in [0.15, 0.2) is 23.8 Å². The fraction of sp³-hybridized carbons (Fsp3) is 0.571. The van der Waals surface area contributed by atoms with Crippen molar-refractivity contribution in [2.45, 2.75) is 44.3 Å². The monoisotopic (exact) mass is 437 g/mol. The predicted octanol–water partition coefficient (Wildman–Crippen LogP) is -2.98. The van der Waals surface area contributed by atoms with Crippen molar-refractivity contribution in [3.8, 4) is 0 Å². The van der Waals surface area contributed by atoms with Crippen LogP contribution in [0.4, 0.5) is 5.82 Å². The Labute approximate surface area is 187 Å². The van der Waals surface area contributed by atoms with Crippen molar-refractivity contribution in [3.05, 3.63) is 12.7 Å². The summed E-state index contributed by atoms with van der Waals surface area (Å²) in [6.07, 6.45) is 0.439. The second kappa shape index (κ2) is 8.58. The number of imidazole rings is 1. The molecule has 0 aliphatic carbocycles. The van der Waals surface area contributed by atoms with E-state index in [1.165, 1.54) is 12.7 Å². The van der Waals surface area contributed by atoms with E-state index in [0.29, 0.717) is 17.6 Å². The van der Waals surface area contributed by atoms with Crippen LogP contribution in [0.25, 0.3) is 11.2 Å². The van der Waals surface area contributed by atoms with E-state index in [0.717, 1.165) is 0 Å². The Morgan fingerprint density at radius 2 is 2.29 bits per heavy atom. The van der Waals surface area contributed by atoms with Gasteiger partial charge in [-0.05, 0) is 6.42 Å². The Bertz CT molecular complexity index is 931. The molecule has 5 atom stereocenters. The molecular weight excluding hydrogens is 420 g/mol. The maximum atomic E-state index is 12.1. The van der Waals surface area contributed by atoms with E-state index in [-0.39, 0.29) is 48.4 Å². The van der Waals surface area contributed by atoms with Gasteiger partial charge in [0.25, 0.3) is 0 Å². The van der Waals surface area contributed by atoms with Crippen LogP contribution in [-0.4, -0.2) is 50.4 Å². The third kappa shape index (κ3) is 4.11. The maximum Gasteiger partial charge on any atom is 1.00 e. The first-order valence-corrected chi connectivity index (χ1v) is 10.9. The molecular formula is C14H17N5NaO6PS. The molecule has 0 bridgehead atoms. The van der Waals surface area contributed by atoms with Crippen molar-refractivity contribution in [1.82, 2.24) is 19.5 Å². The summed E-state index contributed by atoms with van der Waals surface area (Å²) < 4.78 is 23.6. The largest absolute Gasteiger partial charge is 1.00 e. The van der Waals surface area contributed by atoms with E-state index < -0.39 is 37.2 Å². The van der Waals surface area contributed by atoms with Crippen molar-refractivity contribution >= 4 is 41.5 Å². The van der Waals surface area contributed by atoms with Crippen LogP contribution in [0.3, 0.4) is 0 Å². The molecule has 0 saturated carbocycles. The Kier molecular flexibility index (Phi) is 6.75. The fourth-order valence-electron chi connectivity index (χ4n) is 3.13. The molecule has 2 fully saturated rings. The molecule has 11 nitrogen and oxygen atoms in total. The Balaban J connectivity index is 0.00000225. The van der Waals surface area contributed by atoms with Gasteiger partial charge in [-0.15, -0.1) is 0 Å². The first-order valence-electron chi connectivity index (χ1n) is 8.31. The summed E-state index contributed by atoms with van der Waals surface area (Å²) >= 11 is 4.83. The van der Waals surface area contributed by atoms with Gasteiger partial charge in [0.05, 0.1) is 12.9 Å². The normalized spacial score (nSPS) is 31.9. The third-order valence-electron chi connectivity index (χ3n) is 4.32. The van der Waals surface area contributed by atoms with E-state index in [1.807, 2.05) is 6.92 Å². The smallest absolute Gasteiger partial charge is 0.780 e. The average Bonchev–Trinajstić information content (AvgIpc) is 3.17. The number of nitrogen functional groups attached to an aromatic ring is 1. The molecule has 0 spiro atoms. The zero-order valence-corrected chi connectivity index (χ0v) is 19.0. The number of nitrogens with zero attached hydrogens (tertiary/aromatic N) is 4. The molecule has 2 aliphatic rings. The number of carbonyl (C=O) groups excluding carboxylic acids is 1. The van der Waals surface area contributed by atoms with E-state index in [4.69, 9.17) is 36.1 Å². The Hall–Kier alpha value is -0.690. The number of anilines is 1. The minimum absolute atomic E-state index is 0. The zero-order chi connectivity index (χ0) is 19.2. The number of nitrogens with two attached hydrogens (primary N) is 1. The van der Waals surface area contributed by atoms with Gasteiger partial charge in [0.2, 0.25) is 0 Å². The van der Waals surface area contributed by atoms with Gasteiger partial charge in [0, 0.05) is 6.42 Å². The number of ether oxygens (including phenoxy) is 2. The molecule has 2 saturated heterocycles. The number of hydrogen-bond donors (Lipinski definition) is 1. The van der Waals surface area contributed by atoms with Crippen LogP contribution in [0, 0.1) is 0 Å². The number of hydrogen-bond acceptors (Lipinski definition) is 11. The summed E-state index contributed by atoms with van der Waals surface area (Å²) in [6, 6.07) is 0. The van der Waals surface area contributed by atoms with Crippen molar-refractivity contribution in [1.29, 1.82) is 0 Å². The molecule has 4 heterocycles. The van der Waals surface area contributed by atoms with Crippen LogP contribution in [0.5, 0.6) is 0 Å². The fourth-order valence-corrected chi connectivity index (χ4v) is 4.56. The first-order chi connectivity index (χ1) is 12.9. The molecule has 146 valence electrons. The summed E-state index contributed by atoms with van der Waals surface area (Å²) in [4.78, 5) is 36.5. The average molecular weight is 437 g/mol. The Morgan fingerprint density at radius 1 is 1.50 bits per heavy atom. The maximum absolute atomic E-state index is 12.1. The summed E-state index contributed by atoms with van der Waals surface area (Å²) in [6.45, 7) is -1.85. The van der Waals surface area contributed by atoms with Gasteiger partial charge in [-0.25, -0.2) is 15.0 Å². The Morgan fingerprint density at radius 3 is 3.04 bits per heavy atom. The van der Waals surface area contributed by atoms with Crippen LogP contribution < -0.4 is 40.2 Å². The minimum Gasteiger partial charge on any atom is -0.780 e. The van der Waals surface area contributed by atoms with Crippen LogP contribution in [-0.2, 0) is 35.1 Å². The van der Waals surface area contributed by atoms with Crippen molar-refractivity contribution < 1.29 is 57.8 Å². The predicted molar refractivity (Wildman–Crippen MR) is 93.5 cm³/mol. The summed E-state index contributed by atoms with van der Waals surface area (Å²) in [5.41, 5.74) is 6.62. The van der Waals surface area contributed by atoms with Gasteiger partial charge in [-0.3, -0.25) is 9.36 Å². The molecule has 0 aromatic carbocycles. The second-order valence-corrected chi connectivity index (χ2v) is 8.87. The molecule has 4 rings (SSSR count). The molecule has 0 amide bonds. The molecule has 0 radical (unpaired) electrons. The number of fused-ring (bicyclic) bond motifs is 2. The number of aromatic nitrogens is 4. The second-order valence-electron chi connectivity index (χ2n) is 6.17. The molecule has 14 heteroatoms. The number of esters is 1. The van der Waals surface area contributed by atoms with Crippen molar-refractivity contribution in [3.63, 3.8) is 0 Å². The minimum atomic E-state index is -3.67. The van der Waals surface area contributed by atoms with Crippen LogP contribution in [0.1, 0.15) is 26.0 Å². The third-order valence-corrected chi connectivity index (χ3v) is 5.86. The standard InChI is InChI=1S/C14H18N5O6PS.Na/c1-2-3-8(20)24-11-10-7(4-22-26(21,27)25-10)23-14(11)19-6-18-9-12(15)16-5-17-13(9)19;/h5-7,10-11,14H,2-4H2,1H3,(H,21,27)(H2,15,16,17);/q;+1/p-1. The summed E-state index contributed by atoms with van der Waals surface area (Å²) in [5.74, 6) is -0.215. The van der Waals surface area contributed by atoms with Crippen molar-refractivity contribution in [2.24, 2.45) is 0 Å². The van der Waals surface area contributed by atoms with Gasteiger partial charge in [-0.2, -0.15) is 0 Å². The first kappa shape index (κ1) is 22.0. The number of rotatable bonds is 4. The number of carbonyl (C=O) groups is 1. The van der Waals surface area contributed by atoms with E-state index in [2.05, 4.69) is 15.0 Å². The topological polar surface area (TPSA) is 147 Å². The van der Waals surface area contributed by atoms with Gasteiger partial charge >= 0.3 is 35.5 Å². The zero-order valence-electron chi connectivity index (χ0n) is 15.3. The molecule has 2 aromatic heterocycles. The van der Waals surface area contributed by atoms with Crippen LogP contribution in [0.15, 0.2) is 12.7 Å². The van der Waals surface area contributed by atoms with Crippen molar-refractivity contribution in [2.75, 3.05) is 12.3 Å². The van der Waals surface area contributed by atoms with Gasteiger partial charge in [0.1, 0.15) is 30.8 Å². The summed E-state index contributed by atoms with van der Waals surface area (Å²) in [5, 5.41) is 0. The summed E-state index contributed by atoms with van der Waals surface area (Å²) in [7, 11) is 0. The molecule has 5 unspecified atom stereocenters. The quantitative estimate of drug-likeness (QED) is 0.297.